The first-order valence-electron chi connectivity index (χ1n) is 7.66. The number of nitrogens with one attached hydrogen (secondary N) is 1. The summed E-state index contributed by atoms with van der Waals surface area (Å²) < 4.78 is 6.92. The first-order valence-corrected chi connectivity index (χ1v) is 7.66. The molecule has 0 radical (unpaired) electrons. The van der Waals surface area contributed by atoms with E-state index in [1.165, 1.54) is 0 Å². The molecule has 2 aromatic rings. The summed E-state index contributed by atoms with van der Waals surface area (Å²) in [4.78, 5) is 19.0. The molecule has 0 bridgehead atoms. The van der Waals surface area contributed by atoms with E-state index in [4.69, 9.17) is 4.74 Å². The van der Waals surface area contributed by atoms with Crippen molar-refractivity contribution in [1.82, 2.24) is 14.5 Å². The Bertz CT molecular complexity index is 720. The van der Waals surface area contributed by atoms with E-state index in [0.29, 0.717) is 5.39 Å². The van der Waals surface area contributed by atoms with E-state index < -0.39 is 0 Å². The highest BCUT2D eigenvalue weighted by atomic mass is 16.5. The van der Waals surface area contributed by atoms with Crippen LogP contribution in [0.25, 0.3) is 10.9 Å². The van der Waals surface area contributed by atoms with Crippen molar-refractivity contribution in [2.75, 3.05) is 44.7 Å². The smallest absolute Gasteiger partial charge is 0.261 e. The molecule has 0 atom stereocenters. The van der Waals surface area contributed by atoms with Crippen LogP contribution in [-0.2, 0) is 11.8 Å². The molecule has 1 aromatic carbocycles. The molecule has 0 aliphatic carbocycles. The summed E-state index contributed by atoms with van der Waals surface area (Å²) in [5.41, 5.74) is 1.75. The number of morpholine rings is 1. The Balaban J connectivity index is 1.69. The highest BCUT2D eigenvalue weighted by Gasteiger charge is 2.10. The third kappa shape index (κ3) is 3.13. The van der Waals surface area contributed by atoms with Gasteiger partial charge < -0.3 is 10.1 Å². The lowest BCUT2D eigenvalue weighted by Crippen LogP contribution is -2.39. The second-order valence-electron chi connectivity index (χ2n) is 5.64. The number of hydrogen-bond donors (Lipinski definition) is 1. The van der Waals surface area contributed by atoms with Gasteiger partial charge in [-0.2, -0.15) is 0 Å². The molecule has 3 rings (SSSR count). The summed E-state index contributed by atoms with van der Waals surface area (Å²) in [6.07, 6.45) is 0. The largest absolute Gasteiger partial charge is 0.384 e. The number of rotatable bonds is 4. The molecular weight excluding hydrogens is 280 g/mol. The molecule has 22 heavy (non-hydrogen) atoms. The van der Waals surface area contributed by atoms with Crippen molar-refractivity contribution in [3.05, 3.63) is 34.4 Å². The van der Waals surface area contributed by atoms with Crippen LogP contribution in [0.2, 0.25) is 0 Å². The summed E-state index contributed by atoms with van der Waals surface area (Å²) in [5, 5.41) is 4.07. The van der Waals surface area contributed by atoms with Crippen LogP contribution in [0.1, 0.15) is 5.82 Å². The van der Waals surface area contributed by atoms with E-state index in [1.807, 2.05) is 25.1 Å². The van der Waals surface area contributed by atoms with Gasteiger partial charge in [-0.15, -0.1) is 0 Å². The predicted molar refractivity (Wildman–Crippen MR) is 87.5 cm³/mol. The predicted octanol–water partition coefficient (Wildman–Crippen LogP) is 0.986. The number of aryl methyl sites for hydroxylation is 1. The summed E-state index contributed by atoms with van der Waals surface area (Å²) in [6.45, 7) is 7.34. The molecule has 1 aromatic heterocycles. The van der Waals surface area contributed by atoms with Crippen LogP contribution >= 0.6 is 0 Å². The first-order chi connectivity index (χ1) is 10.6. The van der Waals surface area contributed by atoms with Crippen molar-refractivity contribution in [2.45, 2.75) is 6.92 Å². The molecule has 0 saturated carbocycles. The Labute approximate surface area is 129 Å². The lowest BCUT2D eigenvalue weighted by Gasteiger charge is -2.26. The van der Waals surface area contributed by atoms with Gasteiger partial charge >= 0.3 is 0 Å². The fraction of sp³-hybridized carbons (Fsp3) is 0.500. The number of fused-ring (bicyclic) bond motifs is 1. The Kier molecular flexibility index (Phi) is 4.40. The minimum atomic E-state index is 0.00219. The molecular formula is C16H22N4O2. The maximum absolute atomic E-state index is 12.2. The molecule has 0 amide bonds. The van der Waals surface area contributed by atoms with Crippen LogP contribution in [0.4, 0.5) is 5.69 Å². The van der Waals surface area contributed by atoms with Crippen LogP contribution in [0, 0.1) is 6.92 Å². The molecule has 1 saturated heterocycles. The molecule has 1 aliphatic heterocycles. The van der Waals surface area contributed by atoms with Gasteiger partial charge in [0, 0.05) is 38.9 Å². The van der Waals surface area contributed by atoms with Gasteiger partial charge in [0.15, 0.2) is 0 Å². The van der Waals surface area contributed by atoms with E-state index in [9.17, 15) is 4.79 Å². The zero-order valence-electron chi connectivity index (χ0n) is 13.1. The summed E-state index contributed by atoms with van der Waals surface area (Å²) in [6, 6.07) is 5.74. The summed E-state index contributed by atoms with van der Waals surface area (Å²) in [7, 11) is 1.75. The van der Waals surface area contributed by atoms with Crippen molar-refractivity contribution in [1.29, 1.82) is 0 Å². The topological polar surface area (TPSA) is 59.4 Å². The van der Waals surface area contributed by atoms with E-state index in [0.717, 1.165) is 56.4 Å². The number of benzene rings is 1. The fourth-order valence-electron chi connectivity index (χ4n) is 2.68. The zero-order chi connectivity index (χ0) is 15.5. The minimum Gasteiger partial charge on any atom is -0.384 e. The Morgan fingerprint density at radius 1 is 1.32 bits per heavy atom. The second-order valence-corrected chi connectivity index (χ2v) is 5.64. The summed E-state index contributed by atoms with van der Waals surface area (Å²) >= 11 is 0. The highest BCUT2D eigenvalue weighted by Crippen LogP contribution is 2.15. The fourth-order valence-corrected chi connectivity index (χ4v) is 2.68. The highest BCUT2D eigenvalue weighted by molar-refractivity contribution is 5.81. The molecule has 0 unspecified atom stereocenters. The molecule has 0 spiro atoms. The van der Waals surface area contributed by atoms with Gasteiger partial charge in [-0.3, -0.25) is 14.3 Å². The molecule has 118 valence electrons. The molecule has 1 aliphatic rings. The third-order valence-electron chi connectivity index (χ3n) is 4.16. The van der Waals surface area contributed by atoms with Crippen molar-refractivity contribution < 1.29 is 4.74 Å². The van der Waals surface area contributed by atoms with Gasteiger partial charge in [0.2, 0.25) is 0 Å². The van der Waals surface area contributed by atoms with Gasteiger partial charge in [-0.1, -0.05) is 0 Å². The van der Waals surface area contributed by atoms with Crippen LogP contribution in [0.5, 0.6) is 0 Å². The van der Waals surface area contributed by atoms with E-state index in [1.54, 1.807) is 11.6 Å². The van der Waals surface area contributed by atoms with E-state index in [-0.39, 0.29) is 5.56 Å². The quantitative estimate of drug-likeness (QED) is 0.912. The van der Waals surface area contributed by atoms with E-state index in [2.05, 4.69) is 15.2 Å². The Morgan fingerprint density at radius 3 is 2.86 bits per heavy atom. The lowest BCUT2D eigenvalue weighted by atomic mass is 10.2. The van der Waals surface area contributed by atoms with Crippen LogP contribution < -0.4 is 10.9 Å². The number of anilines is 1. The number of ether oxygens (including phenoxy) is 1. The number of aromatic nitrogens is 2. The maximum atomic E-state index is 12.2. The van der Waals surface area contributed by atoms with Gasteiger partial charge in [0.25, 0.3) is 5.56 Å². The zero-order valence-corrected chi connectivity index (χ0v) is 13.1. The van der Waals surface area contributed by atoms with Crippen molar-refractivity contribution in [2.24, 2.45) is 7.05 Å². The summed E-state index contributed by atoms with van der Waals surface area (Å²) in [5.74, 6) is 0.725. The molecule has 6 nitrogen and oxygen atoms in total. The molecule has 1 fully saturated rings. The lowest BCUT2D eigenvalue weighted by molar-refractivity contribution is 0.0398. The maximum Gasteiger partial charge on any atom is 0.261 e. The normalized spacial score (nSPS) is 16.1. The van der Waals surface area contributed by atoms with Crippen molar-refractivity contribution in [3.63, 3.8) is 0 Å². The Morgan fingerprint density at radius 2 is 2.09 bits per heavy atom. The molecule has 2 heterocycles. The first kappa shape index (κ1) is 15.0. The Hall–Kier alpha value is -1.92. The third-order valence-corrected chi connectivity index (χ3v) is 4.16. The monoisotopic (exact) mass is 302 g/mol. The van der Waals surface area contributed by atoms with Crippen LogP contribution in [0.15, 0.2) is 23.0 Å². The van der Waals surface area contributed by atoms with Crippen LogP contribution in [-0.4, -0.2) is 53.8 Å². The van der Waals surface area contributed by atoms with Crippen LogP contribution in [0.3, 0.4) is 0 Å². The SMILES string of the molecule is Cc1nc2cc(NCCN3CCOCC3)ccc2c(=O)n1C. The molecule has 1 N–H and O–H groups in total. The van der Waals surface area contributed by atoms with Gasteiger partial charge in [-0.25, -0.2) is 4.98 Å². The average Bonchev–Trinajstić information content (AvgIpc) is 2.54. The van der Waals surface area contributed by atoms with Crippen molar-refractivity contribution in [3.8, 4) is 0 Å². The molecule has 6 heteroatoms. The van der Waals surface area contributed by atoms with Gasteiger partial charge in [-0.05, 0) is 25.1 Å². The second kappa shape index (κ2) is 6.46. The van der Waals surface area contributed by atoms with E-state index >= 15 is 0 Å². The van der Waals surface area contributed by atoms with Gasteiger partial charge in [0.1, 0.15) is 5.82 Å². The van der Waals surface area contributed by atoms with Gasteiger partial charge in [0.05, 0.1) is 24.1 Å². The number of nitrogens with zero attached hydrogens (tertiary/aromatic N) is 3. The van der Waals surface area contributed by atoms with Crippen molar-refractivity contribution >= 4 is 16.6 Å². The minimum absolute atomic E-state index is 0.00219. The standard InChI is InChI=1S/C16H22N4O2/c1-12-18-15-11-13(3-4-14(15)16(21)19(12)2)17-5-6-20-7-9-22-10-8-20/h3-4,11,17H,5-10H2,1-2H3. The average molecular weight is 302 g/mol. The number of hydrogen-bond acceptors (Lipinski definition) is 5.